The number of thioether (sulfide) groups is 1. The number of carbonyl (C=O) groups is 1. The van der Waals surface area contributed by atoms with Crippen LogP contribution in [0.15, 0.2) is 17.0 Å². The van der Waals surface area contributed by atoms with Crippen LogP contribution in [0.2, 0.25) is 0 Å². The second-order valence-corrected chi connectivity index (χ2v) is 7.47. The molecule has 2 atom stereocenters. The Bertz CT molecular complexity index is 477. The molecule has 1 aliphatic carbocycles. The number of carbonyl (C=O) groups excluding carboxylic acids is 1. The lowest BCUT2D eigenvalue weighted by molar-refractivity contribution is -0.119. The lowest BCUT2D eigenvalue weighted by Gasteiger charge is -2.29. The number of aromatic nitrogens is 2. The Balaban J connectivity index is 1.73. The minimum absolute atomic E-state index is 0.0922. The van der Waals surface area contributed by atoms with Crippen molar-refractivity contribution >= 4 is 34.1 Å². The van der Waals surface area contributed by atoms with Gasteiger partial charge < -0.3 is 10.6 Å². The molecule has 0 radical (unpaired) electrons. The SMILES string of the molecule is C=CCNc1nnc(SCC(=O)N[C@@H]2CCCC[C@@H]2C)s1. The van der Waals surface area contributed by atoms with Crippen LogP contribution in [0.25, 0.3) is 0 Å². The van der Waals surface area contributed by atoms with Crippen molar-refractivity contribution in [1.82, 2.24) is 15.5 Å². The third-order valence-electron chi connectivity index (χ3n) is 3.59. The van der Waals surface area contributed by atoms with Gasteiger partial charge in [0.2, 0.25) is 11.0 Å². The highest BCUT2D eigenvalue weighted by Crippen LogP contribution is 2.26. The molecule has 0 aliphatic heterocycles. The standard InChI is InChI=1S/C14H22N4OS2/c1-3-8-15-13-17-18-14(21-13)20-9-12(19)16-11-7-5-4-6-10(11)2/h3,10-11H,1,4-9H2,2H3,(H,15,17)(H,16,19)/t10-,11+/m0/s1. The summed E-state index contributed by atoms with van der Waals surface area (Å²) in [6, 6.07) is 0.339. The summed E-state index contributed by atoms with van der Waals surface area (Å²) in [6.45, 7) is 6.53. The second kappa shape index (κ2) is 8.38. The lowest BCUT2D eigenvalue weighted by Crippen LogP contribution is -2.41. The Morgan fingerprint density at radius 3 is 3.05 bits per heavy atom. The van der Waals surface area contributed by atoms with Crippen molar-refractivity contribution in [2.75, 3.05) is 17.6 Å². The van der Waals surface area contributed by atoms with Gasteiger partial charge in [-0.05, 0) is 18.8 Å². The van der Waals surface area contributed by atoms with E-state index in [1.54, 1.807) is 6.08 Å². The van der Waals surface area contributed by atoms with E-state index >= 15 is 0 Å². The molecule has 0 aromatic carbocycles. The third-order valence-corrected chi connectivity index (χ3v) is 5.60. The topological polar surface area (TPSA) is 66.9 Å². The quantitative estimate of drug-likeness (QED) is 0.596. The van der Waals surface area contributed by atoms with Gasteiger partial charge in [0.1, 0.15) is 0 Å². The van der Waals surface area contributed by atoms with E-state index in [2.05, 4.69) is 34.3 Å². The van der Waals surface area contributed by atoms with Gasteiger partial charge in [0, 0.05) is 12.6 Å². The van der Waals surface area contributed by atoms with Gasteiger partial charge in [0.15, 0.2) is 4.34 Å². The van der Waals surface area contributed by atoms with Crippen molar-refractivity contribution < 1.29 is 4.79 Å². The largest absolute Gasteiger partial charge is 0.357 e. The van der Waals surface area contributed by atoms with Crippen molar-refractivity contribution in [3.05, 3.63) is 12.7 Å². The summed E-state index contributed by atoms with van der Waals surface area (Å²) >= 11 is 2.90. The number of anilines is 1. The predicted octanol–water partition coefficient (Wildman–Crippen LogP) is 2.92. The van der Waals surface area contributed by atoms with Gasteiger partial charge in [-0.15, -0.1) is 16.8 Å². The van der Waals surface area contributed by atoms with E-state index in [1.165, 1.54) is 42.4 Å². The number of nitrogens with zero attached hydrogens (tertiary/aromatic N) is 2. The highest BCUT2D eigenvalue weighted by atomic mass is 32.2. The number of rotatable bonds is 7. The van der Waals surface area contributed by atoms with Gasteiger partial charge in [-0.3, -0.25) is 4.79 Å². The zero-order valence-electron chi connectivity index (χ0n) is 12.3. The van der Waals surface area contributed by atoms with Crippen LogP contribution in [-0.2, 0) is 4.79 Å². The van der Waals surface area contributed by atoms with Crippen LogP contribution in [0.1, 0.15) is 32.6 Å². The first kappa shape index (κ1) is 16.3. The highest BCUT2D eigenvalue weighted by molar-refractivity contribution is 8.01. The van der Waals surface area contributed by atoms with Crippen LogP contribution in [0.5, 0.6) is 0 Å². The molecule has 1 amide bonds. The van der Waals surface area contributed by atoms with E-state index in [4.69, 9.17) is 0 Å². The average Bonchev–Trinajstić information content (AvgIpc) is 2.93. The van der Waals surface area contributed by atoms with Gasteiger partial charge in [0.25, 0.3) is 0 Å². The Labute approximate surface area is 134 Å². The molecule has 1 fully saturated rings. The molecule has 0 spiro atoms. The number of hydrogen-bond donors (Lipinski definition) is 2. The first-order valence-electron chi connectivity index (χ1n) is 7.29. The third kappa shape index (κ3) is 5.32. The Morgan fingerprint density at radius 2 is 2.29 bits per heavy atom. The monoisotopic (exact) mass is 326 g/mol. The molecule has 5 nitrogen and oxygen atoms in total. The Morgan fingerprint density at radius 1 is 1.48 bits per heavy atom. The number of nitrogens with one attached hydrogen (secondary N) is 2. The molecule has 0 saturated heterocycles. The average molecular weight is 326 g/mol. The Kier molecular flexibility index (Phi) is 6.50. The highest BCUT2D eigenvalue weighted by Gasteiger charge is 2.22. The molecule has 21 heavy (non-hydrogen) atoms. The summed E-state index contributed by atoms with van der Waals surface area (Å²) in [6.07, 6.45) is 6.59. The van der Waals surface area contributed by atoms with Crippen molar-refractivity contribution in [1.29, 1.82) is 0 Å². The van der Waals surface area contributed by atoms with Crippen LogP contribution >= 0.6 is 23.1 Å². The zero-order chi connectivity index (χ0) is 15.1. The van der Waals surface area contributed by atoms with Gasteiger partial charge in [-0.2, -0.15) is 0 Å². The van der Waals surface area contributed by atoms with Crippen LogP contribution in [0, 0.1) is 5.92 Å². The van der Waals surface area contributed by atoms with Crippen molar-refractivity contribution in [3.8, 4) is 0 Å². The molecule has 7 heteroatoms. The normalized spacial score (nSPS) is 21.8. The van der Waals surface area contributed by atoms with Crippen molar-refractivity contribution in [2.24, 2.45) is 5.92 Å². The summed E-state index contributed by atoms with van der Waals surface area (Å²) in [5.74, 6) is 1.08. The van der Waals surface area contributed by atoms with Gasteiger partial charge >= 0.3 is 0 Å². The van der Waals surface area contributed by atoms with E-state index in [9.17, 15) is 4.79 Å². The van der Waals surface area contributed by atoms with Crippen molar-refractivity contribution in [3.63, 3.8) is 0 Å². The van der Waals surface area contributed by atoms with E-state index in [0.29, 0.717) is 24.3 Å². The van der Waals surface area contributed by atoms with E-state index < -0.39 is 0 Å². The lowest BCUT2D eigenvalue weighted by atomic mass is 9.86. The fraction of sp³-hybridized carbons (Fsp3) is 0.643. The minimum atomic E-state index is 0.0922. The molecule has 0 bridgehead atoms. The molecule has 1 aromatic rings. The molecule has 1 heterocycles. The maximum atomic E-state index is 12.0. The zero-order valence-corrected chi connectivity index (χ0v) is 13.9. The molecule has 2 rings (SSSR count). The molecule has 116 valence electrons. The number of hydrogen-bond acceptors (Lipinski definition) is 6. The van der Waals surface area contributed by atoms with Gasteiger partial charge in [-0.1, -0.05) is 48.9 Å². The first-order valence-corrected chi connectivity index (χ1v) is 9.09. The number of amides is 1. The molecular weight excluding hydrogens is 304 g/mol. The second-order valence-electron chi connectivity index (χ2n) is 5.27. The fourth-order valence-corrected chi connectivity index (χ4v) is 3.98. The smallest absolute Gasteiger partial charge is 0.230 e. The fourth-order valence-electron chi connectivity index (χ4n) is 2.41. The van der Waals surface area contributed by atoms with Crippen molar-refractivity contribution in [2.45, 2.75) is 43.0 Å². The first-order chi connectivity index (χ1) is 10.2. The minimum Gasteiger partial charge on any atom is -0.357 e. The summed E-state index contributed by atoms with van der Waals surface area (Å²) in [5, 5.41) is 15.1. The van der Waals surface area contributed by atoms with E-state index in [0.717, 1.165) is 15.9 Å². The maximum Gasteiger partial charge on any atom is 0.230 e. The molecule has 1 aliphatic rings. The summed E-state index contributed by atoms with van der Waals surface area (Å²) in [4.78, 5) is 12.0. The maximum absolute atomic E-state index is 12.0. The molecule has 1 aromatic heterocycles. The summed E-state index contributed by atoms with van der Waals surface area (Å²) < 4.78 is 0.813. The summed E-state index contributed by atoms with van der Waals surface area (Å²) in [5.41, 5.74) is 0. The van der Waals surface area contributed by atoms with E-state index in [-0.39, 0.29) is 5.91 Å². The molecule has 2 N–H and O–H groups in total. The van der Waals surface area contributed by atoms with E-state index in [1.807, 2.05) is 0 Å². The van der Waals surface area contributed by atoms with Crippen LogP contribution in [0.4, 0.5) is 5.13 Å². The molecule has 0 unspecified atom stereocenters. The Hall–Kier alpha value is -1.08. The summed E-state index contributed by atoms with van der Waals surface area (Å²) in [7, 11) is 0. The molecular formula is C14H22N4OS2. The predicted molar refractivity (Wildman–Crippen MR) is 88.9 cm³/mol. The molecule has 1 saturated carbocycles. The van der Waals surface area contributed by atoms with Gasteiger partial charge in [0.05, 0.1) is 5.75 Å². The van der Waals surface area contributed by atoms with Crippen LogP contribution in [-0.4, -0.2) is 34.4 Å². The van der Waals surface area contributed by atoms with Crippen LogP contribution < -0.4 is 10.6 Å². The van der Waals surface area contributed by atoms with Gasteiger partial charge in [-0.25, -0.2) is 0 Å². The van der Waals surface area contributed by atoms with Crippen LogP contribution in [0.3, 0.4) is 0 Å².